The van der Waals surface area contributed by atoms with E-state index in [1.807, 2.05) is 69.3 Å². The predicted octanol–water partition coefficient (Wildman–Crippen LogP) is 6.10. The van der Waals surface area contributed by atoms with Crippen LogP contribution >= 0.6 is 11.8 Å². The highest BCUT2D eigenvalue weighted by Crippen LogP contribution is 2.33. The van der Waals surface area contributed by atoms with Crippen LogP contribution in [0.2, 0.25) is 0 Å². The minimum atomic E-state index is -0.331. The van der Waals surface area contributed by atoms with Crippen LogP contribution < -0.4 is 15.0 Å². The van der Waals surface area contributed by atoms with Crippen molar-refractivity contribution in [3.63, 3.8) is 0 Å². The SMILES string of the molecule is CCOc1ccc(N2C(=O)/C(=C/c3ccc(C)cc3)N=C2S[C@@H](CC)C(=O)NC2CCCCC2)cc1. The highest BCUT2D eigenvalue weighted by Gasteiger charge is 2.35. The minimum Gasteiger partial charge on any atom is -0.494 e. The van der Waals surface area contributed by atoms with Crippen LogP contribution in [0.5, 0.6) is 5.75 Å². The summed E-state index contributed by atoms with van der Waals surface area (Å²) < 4.78 is 5.57. The van der Waals surface area contributed by atoms with Crippen molar-refractivity contribution >= 4 is 40.5 Å². The van der Waals surface area contributed by atoms with E-state index in [4.69, 9.17) is 9.73 Å². The standard InChI is InChI=1S/C29H35N3O3S/c1-4-26(27(33)30-22-9-7-6-8-10-22)36-29-31-25(19-21-13-11-20(3)12-14-21)28(34)32(29)23-15-17-24(18-16-23)35-5-2/h11-19,22,26H,4-10H2,1-3H3,(H,30,33)/b25-19-/t26-/m0/s1. The highest BCUT2D eigenvalue weighted by molar-refractivity contribution is 8.15. The third-order valence-electron chi connectivity index (χ3n) is 6.48. The summed E-state index contributed by atoms with van der Waals surface area (Å²) in [6.45, 7) is 6.54. The molecule has 190 valence electrons. The van der Waals surface area contributed by atoms with Crippen LogP contribution in [0.15, 0.2) is 59.2 Å². The Labute approximate surface area is 218 Å². The first kappa shape index (κ1) is 26.0. The maximum atomic E-state index is 13.6. The van der Waals surface area contributed by atoms with Gasteiger partial charge in [0.1, 0.15) is 11.4 Å². The van der Waals surface area contributed by atoms with Gasteiger partial charge in [0.2, 0.25) is 5.91 Å². The van der Waals surface area contributed by atoms with Crippen molar-refractivity contribution in [1.29, 1.82) is 0 Å². The summed E-state index contributed by atoms with van der Waals surface area (Å²) in [5.41, 5.74) is 3.12. The zero-order valence-electron chi connectivity index (χ0n) is 21.3. The van der Waals surface area contributed by atoms with Crippen molar-refractivity contribution in [3.05, 3.63) is 65.4 Å². The number of hydrogen-bond donors (Lipinski definition) is 1. The number of amidine groups is 1. The monoisotopic (exact) mass is 505 g/mol. The Hall–Kier alpha value is -3.06. The first-order chi connectivity index (χ1) is 17.5. The number of anilines is 1. The molecule has 0 spiro atoms. The van der Waals surface area contributed by atoms with Gasteiger partial charge in [-0.25, -0.2) is 4.99 Å². The summed E-state index contributed by atoms with van der Waals surface area (Å²) in [4.78, 5) is 33.0. The number of ether oxygens (including phenoxy) is 1. The predicted molar refractivity (Wildman–Crippen MR) is 148 cm³/mol. The Morgan fingerprint density at radius 2 is 1.81 bits per heavy atom. The molecule has 0 radical (unpaired) electrons. The quantitative estimate of drug-likeness (QED) is 0.440. The molecule has 0 bridgehead atoms. The number of hydrogen-bond acceptors (Lipinski definition) is 5. The van der Waals surface area contributed by atoms with E-state index in [-0.39, 0.29) is 23.1 Å². The van der Waals surface area contributed by atoms with Crippen LogP contribution in [-0.4, -0.2) is 34.9 Å². The van der Waals surface area contributed by atoms with Crippen LogP contribution in [0.25, 0.3) is 6.08 Å². The number of benzene rings is 2. The third-order valence-corrected chi connectivity index (χ3v) is 7.80. The average molecular weight is 506 g/mol. The molecule has 1 aliphatic heterocycles. The molecule has 0 aromatic heterocycles. The van der Waals surface area contributed by atoms with E-state index in [2.05, 4.69) is 5.32 Å². The lowest BCUT2D eigenvalue weighted by Crippen LogP contribution is -2.42. The Balaban J connectivity index is 1.60. The van der Waals surface area contributed by atoms with Crippen LogP contribution in [0.3, 0.4) is 0 Å². The average Bonchev–Trinajstić information content (AvgIpc) is 3.19. The first-order valence-electron chi connectivity index (χ1n) is 12.9. The van der Waals surface area contributed by atoms with Crippen molar-refractivity contribution in [3.8, 4) is 5.75 Å². The molecule has 0 saturated heterocycles. The fraction of sp³-hybridized carbons (Fsp3) is 0.414. The summed E-state index contributed by atoms with van der Waals surface area (Å²) >= 11 is 1.36. The van der Waals surface area contributed by atoms with Crippen LogP contribution in [0, 0.1) is 6.92 Å². The van der Waals surface area contributed by atoms with Crippen molar-refractivity contribution in [2.24, 2.45) is 4.99 Å². The minimum absolute atomic E-state index is 0.0205. The normalized spacial score (nSPS) is 18.3. The van der Waals surface area contributed by atoms with E-state index in [9.17, 15) is 9.59 Å². The first-order valence-corrected chi connectivity index (χ1v) is 13.8. The molecule has 1 heterocycles. The number of nitrogens with one attached hydrogen (secondary N) is 1. The number of amides is 2. The zero-order valence-corrected chi connectivity index (χ0v) is 22.1. The van der Waals surface area contributed by atoms with Gasteiger partial charge in [0.05, 0.1) is 17.5 Å². The number of rotatable bonds is 8. The lowest BCUT2D eigenvalue weighted by Gasteiger charge is -2.26. The largest absolute Gasteiger partial charge is 0.494 e. The van der Waals surface area contributed by atoms with E-state index in [1.165, 1.54) is 18.2 Å². The Bertz CT molecular complexity index is 1120. The smallest absolute Gasteiger partial charge is 0.283 e. The Morgan fingerprint density at radius 1 is 1.11 bits per heavy atom. The van der Waals surface area contributed by atoms with Gasteiger partial charge in [-0.1, -0.05) is 67.8 Å². The lowest BCUT2D eigenvalue weighted by atomic mass is 9.95. The number of thioether (sulfide) groups is 1. The molecule has 0 unspecified atom stereocenters. The number of carbonyl (C=O) groups excluding carboxylic acids is 2. The number of nitrogens with zero attached hydrogens (tertiary/aromatic N) is 2. The van der Waals surface area contributed by atoms with Gasteiger partial charge in [-0.05, 0) is 69.0 Å². The Kier molecular flexibility index (Phi) is 8.86. The van der Waals surface area contributed by atoms with Gasteiger partial charge in [-0.2, -0.15) is 0 Å². The molecule has 1 aliphatic carbocycles. The molecule has 6 nitrogen and oxygen atoms in total. The van der Waals surface area contributed by atoms with Gasteiger partial charge >= 0.3 is 0 Å². The fourth-order valence-electron chi connectivity index (χ4n) is 4.47. The van der Waals surface area contributed by atoms with Gasteiger partial charge in [-0.3, -0.25) is 14.5 Å². The van der Waals surface area contributed by atoms with Gasteiger partial charge < -0.3 is 10.1 Å². The molecule has 1 saturated carbocycles. The lowest BCUT2D eigenvalue weighted by molar-refractivity contribution is -0.121. The number of aliphatic imine (C=N–C) groups is 1. The molecule has 2 amide bonds. The molecule has 2 aromatic carbocycles. The topological polar surface area (TPSA) is 71.0 Å². The number of aryl methyl sites for hydroxylation is 1. The third kappa shape index (κ3) is 6.38. The summed E-state index contributed by atoms with van der Waals surface area (Å²) in [6, 6.07) is 15.6. The van der Waals surface area contributed by atoms with Gasteiger partial charge in [-0.15, -0.1) is 0 Å². The second-order valence-electron chi connectivity index (χ2n) is 9.26. The highest BCUT2D eigenvalue weighted by atomic mass is 32.2. The molecule has 1 fully saturated rings. The second kappa shape index (κ2) is 12.3. The second-order valence-corrected chi connectivity index (χ2v) is 10.4. The maximum absolute atomic E-state index is 13.6. The fourth-order valence-corrected chi connectivity index (χ4v) is 5.51. The van der Waals surface area contributed by atoms with Gasteiger partial charge in [0, 0.05) is 6.04 Å². The summed E-state index contributed by atoms with van der Waals surface area (Å²) in [6.07, 6.45) is 8.08. The molecular weight excluding hydrogens is 470 g/mol. The molecular formula is C29H35N3O3S. The van der Waals surface area contributed by atoms with Gasteiger partial charge in [0.15, 0.2) is 5.17 Å². The van der Waals surface area contributed by atoms with E-state index >= 15 is 0 Å². The van der Waals surface area contributed by atoms with Crippen LogP contribution in [0.4, 0.5) is 5.69 Å². The molecule has 36 heavy (non-hydrogen) atoms. The van der Waals surface area contributed by atoms with E-state index in [0.29, 0.717) is 29.6 Å². The maximum Gasteiger partial charge on any atom is 0.283 e. The van der Waals surface area contributed by atoms with Gasteiger partial charge in [0.25, 0.3) is 5.91 Å². The molecule has 7 heteroatoms. The van der Waals surface area contributed by atoms with Crippen molar-refractivity contribution < 1.29 is 14.3 Å². The molecule has 4 rings (SSSR count). The van der Waals surface area contributed by atoms with Crippen LogP contribution in [-0.2, 0) is 9.59 Å². The molecule has 1 atom stereocenters. The number of carbonyl (C=O) groups is 2. The Morgan fingerprint density at radius 3 is 2.44 bits per heavy atom. The summed E-state index contributed by atoms with van der Waals surface area (Å²) in [7, 11) is 0. The molecule has 2 aromatic rings. The van der Waals surface area contributed by atoms with E-state index in [0.717, 1.165) is 42.6 Å². The molecule has 2 aliphatic rings. The van der Waals surface area contributed by atoms with Crippen molar-refractivity contribution in [2.45, 2.75) is 70.6 Å². The summed E-state index contributed by atoms with van der Waals surface area (Å²) in [5.74, 6) is 0.560. The zero-order chi connectivity index (χ0) is 25.5. The van der Waals surface area contributed by atoms with Crippen LogP contribution in [0.1, 0.15) is 63.5 Å². The molecule has 1 N–H and O–H groups in total. The van der Waals surface area contributed by atoms with Crippen molar-refractivity contribution in [1.82, 2.24) is 5.32 Å². The van der Waals surface area contributed by atoms with E-state index in [1.54, 1.807) is 11.0 Å². The van der Waals surface area contributed by atoms with Crippen molar-refractivity contribution in [2.75, 3.05) is 11.5 Å². The van der Waals surface area contributed by atoms with E-state index < -0.39 is 0 Å². The summed E-state index contributed by atoms with van der Waals surface area (Å²) in [5, 5.41) is 3.43.